The van der Waals surface area contributed by atoms with Gasteiger partial charge in [0.2, 0.25) is 5.88 Å². The number of nitrogens with one attached hydrogen (secondary N) is 1. The first kappa shape index (κ1) is 24.6. The minimum atomic E-state index is -4.30. The van der Waals surface area contributed by atoms with E-state index in [1.54, 1.807) is 36.7 Å². The smallest absolute Gasteiger partial charge is 0.281 e. The van der Waals surface area contributed by atoms with Crippen molar-refractivity contribution < 1.29 is 17.9 Å². The molecule has 1 saturated heterocycles. The maximum atomic E-state index is 13.2. The number of carbonyl (C=O) groups excluding carboxylic acids is 1. The van der Waals surface area contributed by atoms with Gasteiger partial charge in [0, 0.05) is 35.9 Å². The zero-order valence-corrected chi connectivity index (χ0v) is 21.6. The summed E-state index contributed by atoms with van der Waals surface area (Å²) in [4.78, 5) is 28.2. The molecule has 10 heteroatoms. The van der Waals surface area contributed by atoms with Crippen LogP contribution >= 0.6 is 0 Å². The van der Waals surface area contributed by atoms with Crippen molar-refractivity contribution in [3.8, 4) is 11.6 Å². The first-order chi connectivity index (χ1) is 17.6. The van der Waals surface area contributed by atoms with Crippen LogP contribution in [0, 0.1) is 5.92 Å². The zero-order chi connectivity index (χ0) is 26.2. The van der Waals surface area contributed by atoms with E-state index in [1.165, 1.54) is 12.1 Å². The number of fused-ring (bicyclic) bond motifs is 1. The fourth-order valence-corrected chi connectivity index (χ4v) is 5.78. The van der Waals surface area contributed by atoms with Gasteiger partial charge in [-0.15, -0.1) is 0 Å². The van der Waals surface area contributed by atoms with Crippen molar-refractivity contribution in [1.82, 2.24) is 19.7 Å². The van der Waals surface area contributed by atoms with Crippen molar-refractivity contribution in [1.29, 1.82) is 0 Å². The molecule has 0 aliphatic carbocycles. The first-order valence-corrected chi connectivity index (χ1v) is 13.4. The van der Waals surface area contributed by atoms with Crippen LogP contribution in [-0.2, 0) is 10.0 Å². The topological polar surface area (TPSA) is 114 Å². The molecule has 0 bridgehead atoms. The lowest BCUT2D eigenvalue weighted by Crippen LogP contribution is -2.41. The Kier molecular flexibility index (Phi) is 6.28. The Morgan fingerprint density at radius 3 is 2.54 bits per heavy atom. The molecule has 3 aromatic heterocycles. The number of hydrogen-bond donors (Lipinski definition) is 1. The summed E-state index contributed by atoms with van der Waals surface area (Å²) in [6.45, 7) is 7.04. The van der Waals surface area contributed by atoms with Gasteiger partial charge in [-0.05, 0) is 56.5 Å². The normalized spacial score (nSPS) is 17.1. The number of carbonyl (C=O) groups is 1. The van der Waals surface area contributed by atoms with Gasteiger partial charge in [0.25, 0.3) is 15.9 Å². The second-order valence-corrected chi connectivity index (χ2v) is 11.4. The molecule has 1 aliphatic rings. The number of ether oxygens (including phenoxy) is 1. The van der Waals surface area contributed by atoms with Crippen LogP contribution in [0.5, 0.6) is 11.6 Å². The Bertz CT molecular complexity index is 1580. The summed E-state index contributed by atoms with van der Waals surface area (Å²) >= 11 is 0. The maximum absolute atomic E-state index is 13.2. The van der Waals surface area contributed by atoms with E-state index in [4.69, 9.17) is 4.74 Å². The van der Waals surface area contributed by atoms with Gasteiger partial charge in [-0.1, -0.05) is 31.2 Å². The molecule has 1 aliphatic heterocycles. The molecule has 9 nitrogen and oxygen atoms in total. The van der Waals surface area contributed by atoms with Crippen LogP contribution in [0.25, 0.3) is 10.9 Å². The summed E-state index contributed by atoms with van der Waals surface area (Å²) in [5.74, 6) is 0.596. The predicted molar refractivity (Wildman–Crippen MR) is 140 cm³/mol. The van der Waals surface area contributed by atoms with Crippen LogP contribution < -0.4 is 14.4 Å². The summed E-state index contributed by atoms with van der Waals surface area (Å²) in [7, 11) is -4.30. The molecule has 1 N–H and O–H groups in total. The van der Waals surface area contributed by atoms with Crippen molar-refractivity contribution in [2.45, 2.75) is 37.8 Å². The Hall–Kier alpha value is -4.05. The van der Waals surface area contributed by atoms with E-state index >= 15 is 0 Å². The summed E-state index contributed by atoms with van der Waals surface area (Å²) in [6.07, 6.45) is 4.19. The summed E-state index contributed by atoms with van der Waals surface area (Å²) in [6, 6.07) is 16.7. The van der Waals surface area contributed by atoms with Crippen molar-refractivity contribution in [3.05, 3.63) is 78.6 Å². The Labute approximate surface area is 215 Å². The average molecular weight is 518 g/mol. The highest BCUT2D eigenvalue weighted by Crippen LogP contribution is 2.37. The van der Waals surface area contributed by atoms with Crippen molar-refractivity contribution in [3.63, 3.8) is 0 Å². The van der Waals surface area contributed by atoms with E-state index < -0.39 is 15.9 Å². The molecular formula is C27H27N5O4S. The van der Waals surface area contributed by atoms with Gasteiger partial charge in [-0.2, -0.15) is 13.4 Å². The van der Waals surface area contributed by atoms with Gasteiger partial charge in [0.15, 0.2) is 10.8 Å². The molecule has 0 spiro atoms. The van der Waals surface area contributed by atoms with Crippen LogP contribution in [0.2, 0.25) is 0 Å². The Morgan fingerprint density at radius 2 is 1.76 bits per heavy atom. The molecule has 0 radical (unpaired) electrons. The lowest BCUT2D eigenvalue weighted by atomic mass is 9.97. The molecule has 190 valence electrons. The van der Waals surface area contributed by atoms with Gasteiger partial charge < -0.3 is 9.64 Å². The standard InChI is InChI=1S/C27H27N5O4S/c1-18-16-27(2,3)32(17-18)25-20(10-7-15-29-25)26(33)31-37(34,35)23-13-5-12-22(30-23)36-21-11-4-8-19-9-6-14-28-24(19)21/h4-15,18H,16-17H2,1-3H3,(H,31,33). The van der Waals surface area contributed by atoms with Crippen molar-refractivity contribution in [2.24, 2.45) is 5.92 Å². The van der Waals surface area contributed by atoms with Crippen LogP contribution in [0.4, 0.5) is 5.82 Å². The van der Waals surface area contributed by atoms with E-state index in [2.05, 4.69) is 45.3 Å². The second kappa shape index (κ2) is 9.44. The number of hydrogen-bond acceptors (Lipinski definition) is 8. The molecule has 4 aromatic rings. The van der Waals surface area contributed by atoms with Crippen LogP contribution in [0.15, 0.2) is 78.1 Å². The van der Waals surface area contributed by atoms with E-state index in [1.807, 2.05) is 24.3 Å². The molecule has 0 saturated carbocycles. The SMILES string of the molecule is CC1CN(c2ncccc2C(=O)NS(=O)(=O)c2cccc(Oc3cccc4cccnc34)n2)C(C)(C)C1. The minimum Gasteiger partial charge on any atom is -0.437 e. The zero-order valence-electron chi connectivity index (χ0n) is 20.7. The molecule has 1 fully saturated rings. The van der Waals surface area contributed by atoms with Gasteiger partial charge in [0.1, 0.15) is 11.3 Å². The molecule has 1 amide bonds. The summed E-state index contributed by atoms with van der Waals surface area (Å²) < 4.78 is 34.3. The Morgan fingerprint density at radius 1 is 1.03 bits per heavy atom. The number of para-hydroxylation sites is 1. The molecule has 4 heterocycles. The number of amides is 1. The van der Waals surface area contributed by atoms with Gasteiger partial charge in [0.05, 0.1) is 5.56 Å². The van der Waals surface area contributed by atoms with Crippen LogP contribution in [-0.4, -0.2) is 41.4 Å². The van der Waals surface area contributed by atoms with E-state index in [0.717, 1.165) is 18.4 Å². The third-order valence-corrected chi connectivity index (χ3v) is 7.60. The van der Waals surface area contributed by atoms with Gasteiger partial charge in [-0.3, -0.25) is 9.78 Å². The number of sulfonamides is 1. The van der Waals surface area contributed by atoms with Crippen LogP contribution in [0.3, 0.4) is 0 Å². The molecule has 1 atom stereocenters. The molecule has 1 unspecified atom stereocenters. The van der Waals surface area contributed by atoms with Crippen LogP contribution in [0.1, 0.15) is 37.6 Å². The summed E-state index contributed by atoms with van der Waals surface area (Å²) in [5.41, 5.74) is 0.588. The third-order valence-electron chi connectivity index (χ3n) is 6.37. The second-order valence-electron chi connectivity index (χ2n) is 9.79. The first-order valence-electron chi connectivity index (χ1n) is 11.9. The number of nitrogens with zero attached hydrogens (tertiary/aromatic N) is 4. The van der Waals surface area contributed by atoms with E-state index in [0.29, 0.717) is 23.0 Å². The fourth-order valence-electron chi connectivity index (χ4n) is 4.85. The highest BCUT2D eigenvalue weighted by Gasteiger charge is 2.39. The number of pyridine rings is 3. The lowest BCUT2D eigenvalue weighted by molar-refractivity contribution is 0.0981. The minimum absolute atomic E-state index is 0.0587. The molecule has 1 aromatic carbocycles. The molecule has 5 rings (SSSR count). The highest BCUT2D eigenvalue weighted by atomic mass is 32.2. The number of benzene rings is 1. The largest absolute Gasteiger partial charge is 0.437 e. The summed E-state index contributed by atoms with van der Waals surface area (Å²) in [5, 5.41) is 0.533. The number of aromatic nitrogens is 3. The van der Waals surface area contributed by atoms with E-state index in [-0.39, 0.29) is 22.0 Å². The molecular weight excluding hydrogens is 490 g/mol. The van der Waals surface area contributed by atoms with Gasteiger partial charge >= 0.3 is 0 Å². The number of rotatable bonds is 6. The fraction of sp³-hybridized carbons (Fsp3) is 0.259. The Balaban J connectivity index is 1.40. The monoisotopic (exact) mass is 517 g/mol. The quantitative estimate of drug-likeness (QED) is 0.396. The predicted octanol–water partition coefficient (Wildman–Crippen LogP) is 4.56. The van der Waals surface area contributed by atoms with Crippen molar-refractivity contribution in [2.75, 3.05) is 11.4 Å². The highest BCUT2D eigenvalue weighted by molar-refractivity contribution is 7.90. The number of anilines is 1. The van der Waals surface area contributed by atoms with Crippen molar-refractivity contribution >= 4 is 32.7 Å². The van der Waals surface area contributed by atoms with Gasteiger partial charge in [-0.25, -0.2) is 9.71 Å². The third kappa shape index (κ3) is 4.97. The lowest BCUT2D eigenvalue weighted by Gasteiger charge is -2.33. The van der Waals surface area contributed by atoms with E-state index in [9.17, 15) is 13.2 Å². The maximum Gasteiger partial charge on any atom is 0.281 e. The average Bonchev–Trinajstić information content (AvgIpc) is 3.15. The molecule has 37 heavy (non-hydrogen) atoms.